The molecule has 6 heteroatoms. The van der Waals surface area contributed by atoms with Gasteiger partial charge in [-0.1, -0.05) is 42.0 Å². The van der Waals surface area contributed by atoms with Crippen molar-refractivity contribution in [3.63, 3.8) is 0 Å². The molecule has 0 saturated heterocycles. The Morgan fingerprint density at radius 2 is 1.55 bits per heavy atom. The molecule has 0 radical (unpaired) electrons. The molecule has 0 fully saturated rings. The molecular formula is C25H22N2O4. The van der Waals surface area contributed by atoms with Crippen molar-refractivity contribution in [2.24, 2.45) is 0 Å². The predicted molar refractivity (Wildman–Crippen MR) is 121 cm³/mol. The molecule has 0 heterocycles. The van der Waals surface area contributed by atoms with Crippen LogP contribution in [0.15, 0.2) is 78.9 Å². The van der Waals surface area contributed by atoms with E-state index in [0.717, 1.165) is 11.1 Å². The molecule has 0 aliphatic heterocycles. The molecular weight excluding hydrogens is 392 g/mol. The molecule has 0 aliphatic carbocycles. The molecule has 6 nitrogen and oxygen atoms in total. The van der Waals surface area contributed by atoms with Gasteiger partial charge in [0.1, 0.15) is 5.75 Å². The second-order valence-electron chi connectivity index (χ2n) is 6.89. The van der Waals surface area contributed by atoms with E-state index in [1.165, 1.54) is 19.1 Å². The van der Waals surface area contributed by atoms with Crippen molar-refractivity contribution >= 4 is 35.2 Å². The Labute approximate surface area is 180 Å². The van der Waals surface area contributed by atoms with E-state index in [0.29, 0.717) is 22.7 Å². The minimum Gasteiger partial charge on any atom is -0.427 e. The van der Waals surface area contributed by atoms with Crippen LogP contribution in [0.3, 0.4) is 0 Å². The van der Waals surface area contributed by atoms with E-state index < -0.39 is 5.97 Å². The molecule has 31 heavy (non-hydrogen) atoms. The molecule has 0 aliphatic rings. The number of esters is 1. The first-order chi connectivity index (χ1) is 14.9. The zero-order valence-corrected chi connectivity index (χ0v) is 17.2. The normalized spacial score (nSPS) is 10.5. The smallest absolute Gasteiger partial charge is 0.308 e. The monoisotopic (exact) mass is 414 g/mol. The van der Waals surface area contributed by atoms with Crippen LogP contribution < -0.4 is 15.4 Å². The lowest BCUT2D eigenvalue weighted by atomic mass is 10.1. The quantitative estimate of drug-likeness (QED) is 0.344. The third-order valence-corrected chi connectivity index (χ3v) is 4.22. The van der Waals surface area contributed by atoms with Crippen molar-refractivity contribution in [3.8, 4) is 5.75 Å². The van der Waals surface area contributed by atoms with Crippen molar-refractivity contribution < 1.29 is 19.1 Å². The number of hydrogen-bond acceptors (Lipinski definition) is 4. The van der Waals surface area contributed by atoms with Crippen LogP contribution in [-0.2, 0) is 9.59 Å². The van der Waals surface area contributed by atoms with Gasteiger partial charge in [0.05, 0.1) is 0 Å². The van der Waals surface area contributed by atoms with Gasteiger partial charge in [-0.05, 0) is 55.0 Å². The Hall–Kier alpha value is -4.19. The van der Waals surface area contributed by atoms with Crippen LogP contribution in [0.2, 0.25) is 0 Å². The molecule has 0 bridgehead atoms. The zero-order chi connectivity index (χ0) is 22.2. The third kappa shape index (κ3) is 6.68. The van der Waals surface area contributed by atoms with Gasteiger partial charge >= 0.3 is 5.97 Å². The summed E-state index contributed by atoms with van der Waals surface area (Å²) >= 11 is 0. The van der Waals surface area contributed by atoms with Crippen molar-refractivity contribution in [2.45, 2.75) is 13.8 Å². The Morgan fingerprint density at radius 1 is 0.839 bits per heavy atom. The number of carbonyl (C=O) groups excluding carboxylic acids is 3. The highest BCUT2D eigenvalue weighted by Crippen LogP contribution is 2.18. The first-order valence-electron chi connectivity index (χ1n) is 9.65. The number of rotatable bonds is 6. The highest BCUT2D eigenvalue weighted by molar-refractivity contribution is 6.05. The second kappa shape index (κ2) is 10.0. The van der Waals surface area contributed by atoms with Gasteiger partial charge in [-0.2, -0.15) is 0 Å². The van der Waals surface area contributed by atoms with Crippen LogP contribution in [0.5, 0.6) is 5.75 Å². The van der Waals surface area contributed by atoms with Gasteiger partial charge in [0.25, 0.3) is 5.91 Å². The maximum absolute atomic E-state index is 12.5. The molecule has 2 amide bonds. The molecule has 0 atom stereocenters. The molecule has 3 aromatic carbocycles. The number of anilines is 2. The highest BCUT2D eigenvalue weighted by atomic mass is 16.5. The standard InChI is InChI=1S/C25H22N2O4/c1-17-6-3-7-19(14-17)12-13-24(29)26-21-9-5-10-22(16-21)27-25(30)20-8-4-11-23(15-20)31-18(2)28/h3-16H,1-2H3,(H,26,29)(H,27,30)/b13-12+. The molecule has 2 N–H and O–H groups in total. The van der Waals surface area contributed by atoms with E-state index >= 15 is 0 Å². The largest absolute Gasteiger partial charge is 0.427 e. The third-order valence-electron chi connectivity index (χ3n) is 4.22. The number of benzene rings is 3. The lowest BCUT2D eigenvalue weighted by Gasteiger charge is -2.09. The fourth-order valence-electron chi connectivity index (χ4n) is 2.87. The average molecular weight is 414 g/mol. The van der Waals surface area contributed by atoms with Crippen LogP contribution in [0.1, 0.15) is 28.4 Å². The lowest BCUT2D eigenvalue weighted by Crippen LogP contribution is -2.13. The first-order valence-corrected chi connectivity index (χ1v) is 9.65. The number of carbonyl (C=O) groups is 3. The minimum atomic E-state index is -0.461. The number of nitrogens with one attached hydrogen (secondary N) is 2. The fraction of sp³-hybridized carbons (Fsp3) is 0.0800. The van der Waals surface area contributed by atoms with Gasteiger partial charge < -0.3 is 15.4 Å². The Morgan fingerprint density at radius 3 is 2.29 bits per heavy atom. The number of ether oxygens (including phenoxy) is 1. The van der Waals surface area contributed by atoms with Crippen molar-refractivity contribution in [1.29, 1.82) is 0 Å². The summed E-state index contributed by atoms with van der Waals surface area (Å²) < 4.78 is 5.01. The Balaban J connectivity index is 1.64. The van der Waals surface area contributed by atoms with Crippen LogP contribution in [-0.4, -0.2) is 17.8 Å². The number of hydrogen-bond donors (Lipinski definition) is 2. The molecule has 3 aromatic rings. The maximum atomic E-state index is 12.5. The Bertz CT molecular complexity index is 1150. The van der Waals surface area contributed by atoms with Crippen molar-refractivity contribution in [1.82, 2.24) is 0 Å². The summed E-state index contributed by atoms with van der Waals surface area (Å²) in [6.45, 7) is 3.28. The molecule has 0 aromatic heterocycles. The van der Waals surface area contributed by atoms with E-state index in [1.807, 2.05) is 31.2 Å². The summed E-state index contributed by atoms with van der Waals surface area (Å²) in [4.78, 5) is 35.8. The maximum Gasteiger partial charge on any atom is 0.308 e. The van der Waals surface area contributed by atoms with E-state index in [1.54, 1.807) is 48.5 Å². The van der Waals surface area contributed by atoms with E-state index in [9.17, 15) is 14.4 Å². The summed E-state index contributed by atoms with van der Waals surface area (Å²) in [5.41, 5.74) is 3.46. The molecule has 0 unspecified atom stereocenters. The molecule has 3 rings (SSSR count). The van der Waals surface area contributed by atoms with Gasteiger partial charge in [0.2, 0.25) is 5.91 Å². The van der Waals surface area contributed by atoms with Gasteiger partial charge in [0.15, 0.2) is 0 Å². The number of aryl methyl sites for hydroxylation is 1. The minimum absolute atomic E-state index is 0.279. The zero-order valence-electron chi connectivity index (χ0n) is 17.2. The summed E-state index contributed by atoms with van der Waals surface area (Å²) in [7, 11) is 0. The summed E-state index contributed by atoms with van der Waals surface area (Å²) in [6.07, 6.45) is 3.20. The first kappa shape index (κ1) is 21.5. The van der Waals surface area contributed by atoms with Gasteiger partial charge in [-0.25, -0.2) is 0 Å². The van der Waals surface area contributed by atoms with Crippen LogP contribution >= 0.6 is 0 Å². The lowest BCUT2D eigenvalue weighted by molar-refractivity contribution is -0.131. The van der Waals surface area contributed by atoms with Crippen molar-refractivity contribution in [3.05, 3.63) is 95.6 Å². The predicted octanol–water partition coefficient (Wildman–Crippen LogP) is 4.82. The van der Waals surface area contributed by atoms with Crippen LogP contribution in [0, 0.1) is 6.92 Å². The molecule has 0 saturated carbocycles. The van der Waals surface area contributed by atoms with E-state index in [2.05, 4.69) is 10.6 Å². The topological polar surface area (TPSA) is 84.5 Å². The van der Waals surface area contributed by atoms with Crippen LogP contribution in [0.4, 0.5) is 11.4 Å². The highest BCUT2D eigenvalue weighted by Gasteiger charge is 2.09. The van der Waals surface area contributed by atoms with Crippen molar-refractivity contribution in [2.75, 3.05) is 10.6 Å². The van der Waals surface area contributed by atoms with E-state index in [-0.39, 0.29) is 11.8 Å². The molecule has 156 valence electrons. The van der Waals surface area contributed by atoms with Crippen LogP contribution in [0.25, 0.3) is 6.08 Å². The summed E-state index contributed by atoms with van der Waals surface area (Å²) in [6, 6.07) is 21.0. The van der Waals surface area contributed by atoms with Gasteiger partial charge in [0, 0.05) is 29.9 Å². The second-order valence-corrected chi connectivity index (χ2v) is 6.89. The number of amides is 2. The summed E-state index contributed by atoms with van der Waals surface area (Å²) in [5, 5.41) is 5.54. The van der Waals surface area contributed by atoms with Gasteiger partial charge in [-0.15, -0.1) is 0 Å². The van der Waals surface area contributed by atoms with E-state index in [4.69, 9.17) is 4.74 Å². The molecule has 0 spiro atoms. The summed E-state index contributed by atoms with van der Waals surface area (Å²) in [5.74, 6) is -0.810. The van der Waals surface area contributed by atoms with Gasteiger partial charge in [-0.3, -0.25) is 14.4 Å². The SMILES string of the molecule is CC(=O)Oc1cccc(C(=O)Nc2cccc(NC(=O)/C=C/c3cccc(C)c3)c2)c1. The Kier molecular flexibility index (Phi) is 6.96. The fourth-order valence-corrected chi connectivity index (χ4v) is 2.87. The average Bonchev–Trinajstić information content (AvgIpc) is 2.72.